The van der Waals surface area contributed by atoms with Gasteiger partial charge < -0.3 is 5.32 Å². The highest BCUT2D eigenvalue weighted by molar-refractivity contribution is 7.99. The van der Waals surface area contributed by atoms with Crippen LogP contribution in [-0.2, 0) is 4.79 Å². The van der Waals surface area contributed by atoms with Gasteiger partial charge in [0.15, 0.2) is 5.78 Å². The molecule has 0 bridgehead atoms. The Labute approximate surface area is 168 Å². The molecule has 0 fully saturated rings. The molecule has 1 N–H and O–H groups in total. The number of benzene rings is 2. The molecule has 0 aliphatic rings. The predicted octanol–water partition coefficient (Wildman–Crippen LogP) is 4.69. The summed E-state index contributed by atoms with van der Waals surface area (Å²) in [5.74, 6) is 0.0867. The largest absolute Gasteiger partial charge is 0.325 e. The Hall–Kier alpha value is -2.99. The summed E-state index contributed by atoms with van der Waals surface area (Å²) in [6, 6.07) is 16.9. The Morgan fingerprint density at radius 2 is 1.71 bits per heavy atom. The number of anilines is 1. The lowest BCUT2D eigenvalue weighted by Gasteiger charge is -2.07. The van der Waals surface area contributed by atoms with Crippen LogP contribution in [-0.4, -0.2) is 27.6 Å². The molecule has 5 nitrogen and oxygen atoms in total. The monoisotopic (exact) mass is 391 g/mol. The molecule has 1 amide bonds. The second-order valence-electron chi connectivity index (χ2n) is 6.55. The first-order chi connectivity index (χ1) is 13.4. The molecule has 1 aromatic heterocycles. The number of nitrogens with one attached hydrogen (secondary N) is 1. The Kier molecular flexibility index (Phi) is 6.21. The zero-order chi connectivity index (χ0) is 20.1. The molecule has 0 aliphatic heterocycles. The van der Waals surface area contributed by atoms with E-state index in [0.29, 0.717) is 16.3 Å². The molecule has 6 heteroatoms. The third kappa shape index (κ3) is 5.04. The van der Waals surface area contributed by atoms with Crippen molar-refractivity contribution in [3.8, 4) is 11.3 Å². The highest BCUT2D eigenvalue weighted by Gasteiger charge is 2.08. The minimum atomic E-state index is -0.138. The minimum absolute atomic E-state index is 0.00342. The SMILES string of the molecule is CC(=O)c1ccc(NC(=O)CSc2ccc(-c3cc(C)ccc3C)nn2)cc1. The number of hydrogen-bond donors (Lipinski definition) is 1. The Balaban J connectivity index is 1.58. The second kappa shape index (κ2) is 8.80. The van der Waals surface area contributed by atoms with Crippen LogP contribution in [0.2, 0.25) is 0 Å². The smallest absolute Gasteiger partial charge is 0.234 e. The zero-order valence-electron chi connectivity index (χ0n) is 16.0. The van der Waals surface area contributed by atoms with Crippen LogP contribution in [0.5, 0.6) is 0 Å². The van der Waals surface area contributed by atoms with Gasteiger partial charge in [0, 0.05) is 16.8 Å². The van der Waals surface area contributed by atoms with Crippen LogP contribution in [0.1, 0.15) is 28.4 Å². The summed E-state index contributed by atoms with van der Waals surface area (Å²) in [6.45, 7) is 5.61. The van der Waals surface area contributed by atoms with Crippen LogP contribution in [0.25, 0.3) is 11.3 Å². The molecule has 3 rings (SSSR count). The van der Waals surface area contributed by atoms with Crippen molar-refractivity contribution in [3.63, 3.8) is 0 Å². The van der Waals surface area contributed by atoms with E-state index in [1.165, 1.54) is 24.2 Å². The number of aromatic nitrogens is 2. The number of hydrogen-bond acceptors (Lipinski definition) is 5. The Morgan fingerprint density at radius 3 is 2.36 bits per heavy atom. The quantitative estimate of drug-likeness (QED) is 0.487. The maximum absolute atomic E-state index is 12.1. The average molecular weight is 391 g/mol. The molecular weight excluding hydrogens is 370 g/mol. The summed E-state index contributed by atoms with van der Waals surface area (Å²) in [6.07, 6.45) is 0. The first-order valence-electron chi connectivity index (χ1n) is 8.87. The van der Waals surface area contributed by atoms with E-state index in [-0.39, 0.29) is 17.4 Å². The molecular formula is C22H21N3O2S. The summed E-state index contributed by atoms with van der Waals surface area (Å²) >= 11 is 1.33. The summed E-state index contributed by atoms with van der Waals surface area (Å²) in [5, 5.41) is 12.0. The lowest BCUT2D eigenvalue weighted by Crippen LogP contribution is -2.14. The van der Waals surface area contributed by atoms with E-state index in [1.807, 2.05) is 26.0 Å². The van der Waals surface area contributed by atoms with Crippen molar-refractivity contribution in [2.75, 3.05) is 11.1 Å². The van der Waals surface area contributed by atoms with Gasteiger partial charge >= 0.3 is 0 Å². The number of aryl methyl sites for hydroxylation is 2. The molecule has 0 radical (unpaired) electrons. The second-order valence-corrected chi connectivity index (χ2v) is 7.54. The molecule has 3 aromatic rings. The first kappa shape index (κ1) is 19.8. The van der Waals surface area contributed by atoms with Gasteiger partial charge in [0.2, 0.25) is 5.91 Å². The maximum atomic E-state index is 12.1. The van der Waals surface area contributed by atoms with Gasteiger partial charge in [-0.2, -0.15) is 0 Å². The topological polar surface area (TPSA) is 72.0 Å². The normalized spacial score (nSPS) is 10.5. The third-order valence-corrected chi connectivity index (χ3v) is 5.16. The van der Waals surface area contributed by atoms with E-state index in [0.717, 1.165) is 16.8 Å². The molecule has 0 saturated heterocycles. The van der Waals surface area contributed by atoms with Crippen molar-refractivity contribution < 1.29 is 9.59 Å². The number of ketones is 1. The fourth-order valence-electron chi connectivity index (χ4n) is 2.68. The van der Waals surface area contributed by atoms with E-state index >= 15 is 0 Å². The fourth-order valence-corrected chi connectivity index (χ4v) is 3.29. The third-order valence-electron chi connectivity index (χ3n) is 4.24. The molecule has 0 unspecified atom stereocenters. The number of amides is 1. The van der Waals surface area contributed by atoms with Gasteiger partial charge in [-0.15, -0.1) is 10.2 Å². The average Bonchev–Trinajstić information content (AvgIpc) is 2.69. The molecule has 2 aromatic carbocycles. The maximum Gasteiger partial charge on any atom is 0.234 e. The van der Waals surface area contributed by atoms with Crippen LogP contribution in [0.4, 0.5) is 5.69 Å². The van der Waals surface area contributed by atoms with Crippen LogP contribution < -0.4 is 5.32 Å². The van der Waals surface area contributed by atoms with Crippen LogP contribution in [0.15, 0.2) is 59.6 Å². The fraction of sp³-hybridized carbons (Fsp3) is 0.182. The number of Topliss-reactive ketones (excluding diaryl/α,β-unsaturated/α-hetero) is 1. The number of rotatable bonds is 6. The Bertz CT molecular complexity index is 999. The van der Waals surface area contributed by atoms with Gasteiger partial charge in [-0.05, 0) is 68.8 Å². The van der Waals surface area contributed by atoms with E-state index < -0.39 is 0 Å². The van der Waals surface area contributed by atoms with E-state index in [1.54, 1.807) is 24.3 Å². The standard InChI is InChI=1S/C22H21N3O2S/c1-14-4-5-15(2)19(12-14)20-10-11-22(25-24-20)28-13-21(27)23-18-8-6-17(7-9-18)16(3)26/h4-12H,13H2,1-3H3,(H,23,27). The first-order valence-corrected chi connectivity index (χ1v) is 9.86. The highest BCUT2D eigenvalue weighted by atomic mass is 32.2. The highest BCUT2D eigenvalue weighted by Crippen LogP contribution is 2.24. The summed E-state index contributed by atoms with van der Waals surface area (Å²) in [4.78, 5) is 23.4. The van der Waals surface area contributed by atoms with Gasteiger partial charge in [0.05, 0.1) is 11.4 Å². The molecule has 0 aliphatic carbocycles. The minimum Gasteiger partial charge on any atom is -0.325 e. The molecule has 0 atom stereocenters. The number of nitrogens with zero attached hydrogens (tertiary/aromatic N) is 2. The van der Waals surface area contributed by atoms with Crippen LogP contribution in [0, 0.1) is 13.8 Å². The van der Waals surface area contributed by atoms with Crippen LogP contribution >= 0.6 is 11.8 Å². The molecule has 0 saturated carbocycles. The zero-order valence-corrected chi connectivity index (χ0v) is 16.8. The summed E-state index contributed by atoms with van der Waals surface area (Å²) < 4.78 is 0. The van der Waals surface area contributed by atoms with E-state index in [9.17, 15) is 9.59 Å². The molecule has 142 valence electrons. The number of carbonyl (C=O) groups is 2. The summed E-state index contributed by atoms with van der Waals surface area (Å²) in [7, 11) is 0. The van der Waals surface area contributed by atoms with E-state index in [2.05, 4.69) is 33.7 Å². The number of thioether (sulfide) groups is 1. The summed E-state index contributed by atoms with van der Waals surface area (Å²) in [5.41, 5.74) is 5.49. The molecule has 1 heterocycles. The molecule has 28 heavy (non-hydrogen) atoms. The molecule has 0 spiro atoms. The van der Waals surface area contributed by atoms with Crippen molar-refractivity contribution in [2.45, 2.75) is 25.8 Å². The van der Waals surface area contributed by atoms with Gasteiger partial charge in [-0.25, -0.2) is 0 Å². The van der Waals surface area contributed by atoms with Crippen LogP contribution in [0.3, 0.4) is 0 Å². The lowest BCUT2D eigenvalue weighted by atomic mass is 10.0. The van der Waals surface area contributed by atoms with Crippen molar-refractivity contribution in [2.24, 2.45) is 0 Å². The van der Waals surface area contributed by atoms with Crippen molar-refractivity contribution >= 4 is 29.1 Å². The number of carbonyl (C=O) groups excluding carboxylic acids is 2. The van der Waals surface area contributed by atoms with Crippen molar-refractivity contribution in [1.82, 2.24) is 10.2 Å². The van der Waals surface area contributed by atoms with Gasteiger partial charge in [0.1, 0.15) is 5.03 Å². The van der Waals surface area contributed by atoms with Gasteiger partial charge in [-0.1, -0.05) is 29.5 Å². The van der Waals surface area contributed by atoms with Crippen molar-refractivity contribution in [3.05, 3.63) is 71.3 Å². The van der Waals surface area contributed by atoms with Crippen molar-refractivity contribution in [1.29, 1.82) is 0 Å². The lowest BCUT2D eigenvalue weighted by molar-refractivity contribution is -0.113. The van der Waals surface area contributed by atoms with Gasteiger partial charge in [-0.3, -0.25) is 9.59 Å². The Morgan fingerprint density at radius 1 is 0.964 bits per heavy atom. The van der Waals surface area contributed by atoms with E-state index in [4.69, 9.17) is 0 Å². The van der Waals surface area contributed by atoms with Gasteiger partial charge in [0.25, 0.3) is 0 Å². The predicted molar refractivity (Wildman–Crippen MR) is 113 cm³/mol.